The van der Waals surface area contributed by atoms with Gasteiger partial charge in [0.1, 0.15) is 17.2 Å². The number of Topliss-reactive ketones (excluding diaryl/α,β-unsaturated/α-hetero) is 1. The molecule has 0 saturated heterocycles. The van der Waals surface area contributed by atoms with Crippen LogP contribution in [0.25, 0.3) is 6.08 Å². The Kier molecular flexibility index (Phi) is 7.67. The highest BCUT2D eigenvalue weighted by molar-refractivity contribution is 7.97. The van der Waals surface area contributed by atoms with Crippen LogP contribution in [0.5, 0.6) is 0 Å². The highest BCUT2D eigenvalue weighted by Crippen LogP contribution is 2.35. The van der Waals surface area contributed by atoms with Crippen LogP contribution in [0.1, 0.15) is 36.6 Å². The summed E-state index contributed by atoms with van der Waals surface area (Å²) >= 11 is 3.83. The number of carbonyl (C=O) groups is 3. The molecule has 11 heteroatoms. The number of carbonyl (C=O) groups excluding carboxylic acids is 2. The summed E-state index contributed by atoms with van der Waals surface area (Å²) < 4.78 is 27.5. The van der Waals surface area contributed by atoms with E-state index in [2.05, 4.69) is 4.98 Å². The molecule has 1 unspecified atom stereocenters. The molecule has 1 aromatic heterocycles. The average Bonchev–Trinajstić information content (AvgIpc) is 2.83. The van der Waals surface area contributed by atoms with Crippen LogP contribution in [0.15, 0.2) is 65.8 Å². The SMILES string of the molecule is CN1c2ccc(C(=O)O)cc2C(=O)/C(=C\c2ccc(Cl)c(F)c2)[S+]1[O-].NC(=O)c1ccncc1. The van der Waals surface area contributed by atoms with Crippen molar-refractivity contribution < 1.29 is 28.4 Å². The van der Waals surface area contributed by atoms with Gasteiger partial charge in [0.25, 0.3) is 0 Å². The molecule has 2 aromatic carbocycles. The number of aromatic carboxylic acids is 1. The van der Waals surface area contributed by atoms with Gasteiger partial charge >= 0.3 is 5.97 Å². The van der Waals surface area contributed by atoms with Gasteiger partial charge in [0, 0.05) is 24.0 Å². The number of carboxylic acids is 1. The molecular weight excluding hydrogens is 485 g/mol. The minimum atomic E-state index is -1.80. The number of ketones is 1. The van der Waals surface area contributed by atoms with Crippen molar-refractivity contribution in [3.05, 3.63) is 98.9 Å². The first-order chi connectivity index (χ1) is 16.1. The monoisotopic (exact) mass is 501 g/mol. The molecule has 2 heterocycles. The van der Waals surface area contributed by atoms with E-state index in [1.807, 2.05) is 0 Å². The summed E-state index contributed by atoms with van der Waals surface area (Å²) in [6.45, 7) is 0. The standard InChI is InChI=1S/C17H11ClFNO4S.C6H6N2O/c1-20-14-5-3-10(17(22)23)8-11(14)16(21)15(25(20)24)7-9-2-4-12(18)13(19)6-9;7-6(9)5-1-3-8-4-2-5/h2-8H,1H3,(H,22,23);1-4H,(H2,7,9)/b15-7+;. The fraction of sp³-hybridized carbons (Fsp3) is 0.0435. The zero-order valence-corrected chi connectivity index (χ0v) is 19.1. The number of allylic oxidation sites excluding steroid dienone is 1. The number of nitrogens with zero attached hydrogens (tertiary/aromatic N) is 2. The molecule has 0 radical (unpaired) electrons. The van der Waals surface area contributed by atoms with Crippen LogP contribution >= 0.6 is 11.6 Å². The van der Waals surface area contributed by atoms with Crippen LogP contribution in [0.3, 0.4) is 0 Å². The maximum absolute atomic E-state index is 13.6. The average molecular weight is 502 g/mol. The Hall–Kier alpha value is -3.73. The molecule has 0 saturated carbocycles. The number of hydrogen-bond donors (Lipinski definition) is 2. The topological polar surface area (TPSA) is 137 Å². The molecule has 8 nitrogen and oxygen atoms in total. The number of fused-ring (bicyclic) bond motifs is 1. The Morgan fingerprint density at radius 3 is 2.38 bits per heavy atom. The van der Waals surface area contributed by atoms with Crippen molar-refractivity contribution in [2.45, 2.75) is 0 Å². The van der Waals surface area contributed by atoms with Crippen molar-refractivity contribution >= 4 is 52.4 Å². The van der Waals surface area contributed by atoms with Crippen molar-refractivity contribution in [1.82, 2.24) is 4.98 Å². The van der Waals surface area contributed by atoms with E-state index in [1.165, 1.54) is 60.2 Å². The van der Waals surface area contributed by atoms with E-state index in [9.17, 15) is 23.3 Å². The molecule has 1 atom stereocenters. The first-order valence-electron chi connectivity index (χ1n) is 9.54. The lowest BCUT2D eigenvalue weighted by molar-refractivity contribution is 0.0696. The predicted octanol–water partition coefficient (Wildman–Crippen LogP) is 3.70. The smallest absolute Gasteiger partial charge is 0.335 e. The number of nitrogens with two attached hydrogens (primary N) is 1. The van der Waals surface area contributed by atoms with E-state index >= 15 is 0 Å². The summed E-state index contributed by atoms with van der Waals surface area (Å²) in [5.41, 5.74) is 6.21. The molecule has 4 rings (SSSR count). The summed E-state index contributed by atoms with van der Waals surface area (Å²) in [7, 11) is 1.53. The molecule has 0 aliphatic carbocycles. The maximum atomic E-state index is 13.6. The Morgan fingerprint density at radius 2 is 1.82 bits per heavy atom. The Bertz CT molecular complexity index is 1300. The first kappa shape index (κ1) is 24.9. The van der Waals surface area contributed by atoms with E-state index in [0.29, 0.717) is 16.8 Å². The third kappa shape index (κ3) is 5.42. The quantitative estimate of drug-likeness (QED) is 0.412. The second-order valence-electron chi connectivity index (χ2n) is 6.90. The number of carboxylic acid groups (broad SMARTS) is 1. The number of aromatic nitrogens is 1. The third-order valence-electron chi connectivity index (χ3n) is 4.69. The number of benzene rings is 2. The zero-order valence-electron chi connectivity index (χ0n) is 17.6. The fourth-order valence-corrected chi connectivity index (χ4v) is 4.22. The van der Waals surface area contributed by atoms with Crippen molar-refractivity contribution in [2.24, 2.45) is 5.73 Å². The van der Waals surface area contributed by atoms with Gasteiger partial charge in [-0.05, 0) is 48.0 Å². The van der Waals surface area contributed by atoms with Gasteiger partial charge in [-0.25, -0.2) is 9.18 Å². The van der Waals surface area contributed by atoms with Crippen LogP contribution in [0.4, 0.5) is 10.1 Å². The minimum absolute atomic E-state index is 0.0509. The number of pyridine rings is 1. The summed E-state index contributed by atoms with van der Waals surface area (Å²) in [6.07, 6.45) is 4.37. The maximum Gasteiger partial charge on any atom is 0.335 e. The summed E-state index contributed by atoms with van der Waals surface area (Å²) in [4.78, 5) is 37.9. The van der Waals surface area contributed by atoms with Crippen molar-refractivity contribution in [3.63, 3.8) is 0 Å². The van der Waals surface area contributed by atoms with E-state index in [1.54, 1.807) is 12.1 Å². The van der Waals surface area contributed by atoms with Gasteiger partial charge in [-0.1, -0.05) is 17.7 Å². The molecule has 1 aliphatic rings. The predicted molar refractivity (Wildman–Crippen MR) is 126 cm³/mol. The molecule has 3 aromatic rings. The normalized spacial score (nSPS) is 15.9. The van der Waals surface area contributed by atoms with E-state index in [4.69, 9.17) is 22.4 Å². The van der Waals surface area contributed by atoms with Crippen molar-refractivity contribution in [2.75, 3.05) is 11.4 Å². The largest absolute Gasteiger partial charge is 0.588 e. The van der Waals surface area contributed by atoms with Crippen LogP contribution in [-0.4, -0.2) is 39.4 Å². The molecule has 174 valence electrons. The molecule has 3 N–H and O–H groups in total. The number of hydrogen-bond acceptors (Lipinski definition) is 6. The first-order valence-corrected chi connectivity index (χ1v) is 11.0. The van der Waals surface area contributed by atoms with E-state index in [-0.39, 0.29) is 21.1 Å². The Labute approximate surface area is 201 Å². The zero-order chi connectivity index (χ0) is 25.0. The fourth-order valence-electron chi connectivity index (χ4n) is 2.96. The molecular formula is C23H17ClFN3O5S. The molecule has 1 aliphatic heterocycles. The Balaban J connectivity index is 0.000000302. The summed E-state index contributed by atoms with van der Waals surface area (Å²) in [5, 5.41) is 9.03. The lowest BCUT2D eigenvalue weighted by Gasteiger charge is -2.29. The third-order valence-corrected chi connectivity index (χ3v) is 6.37. The second-order valence-corrected chi connectivity index (χ2v) is 8.79. The number of primary amides is 1. The van der Waals surface area contributed by atoms with Gasteiger partial charge in [-0.3, -0.25) is 14.6 Å². The molecule has 34 heavy (non-hydrogen) atoms. The van der Waals surface area contributed by atoms with Crippen LogP contribution < -0.4 is 10.0 Å². The van der Waals surface area contributed by atoms with Crippen molar-refractivity contribution in [3.8, 4) is 0 Å². The highest BCUT2D eigenvalue weighted by atomic mass is 35.5. The number of halogens is 2. The lowest BCUT2D eigenvalue weighted by atomic mass is 10.0. The molecule has 1 amide bonds. The van der Waals surface area contributed by atoms with Crippen LogP contribution in [-0.2, 0) is 11.4 Å². The minimum Gasteiger partial charge on any atom is -0.588 e. The van der Waals surface area contributed by atoms with Gasteiger partial charge in [-0.15, -0.1) is 0 Å². The van der Waals surface area contributed by atoms with E-state index in [0.717, 1.165) is 6.07 Å². The van der Waals surface area contributed by atoms with Gasteiger partial charge in [0.2, 0.25) is 16.6 Å². The van der Waals surface area contributed by atoms with Gasteiger partial charge < -0.3 is 15.4 Å². The number of rotatable bonds is 3. The van der Waals surface area contributed by atoms with Crippen LogP contribution in [0.2, 0.25) is 5.02 Å². The number of amides is 1. The molecule has 0 bridgehead atoms. The lowest BCUT2D eigenvalue weighted by Crippen LogP contribution is -2.36. The van der Waals surface area contributed by atoms with Gasteiger partial charge in [0.15, 0.2) is 0 Å². The summed E-state index contributed by atoms with van der Waals surface area (Å²) in [6, 6.07) is 11.1. The number of anilines is 1. The second kappa shape index (κ2) is 10.5. The summed E-state index contributed by atoms with van der Waals surface area (Å²) in [5.74, 6) is -2.82. The molecule has 0 spiro atoms. The Morgan fingerprint density at radius 1 is 1.15 bits per heavy atom. The molecule has 0 fully saturated rings. The van der Waals surface area contributed by atoms with Crippen LogP contribution in [0, 0.1) is 5.82 Å². The highest BCUT2D eigenvalue weighted by Gasteiger charge is 2.38. The van der Waals surface area contributed by atoms with E-state index < -0.39 is 34.8 Å². The van der Waals surface area contributed by atoms with Gasteiger partial charge in [0.05, 0.1) is 28.9 Å². The van der Waals surface area contributed by atoms with Gasteiger partial charge in [-0.2, -0.15) is 4.31 Å². The van der Waals surface area contributed by atoms with Crippen molar-refractivity contribution in [1.29, 1.82) is 0 Å².